The molecule has 1 aromatic heterocycles. The Hall–Kier alpha value is -2.53. The van der Waals surface area contributed by atoms with E-state index in [0.29, 0.717) is 11.3 Å². The topological polar surface area (TPSA) is 68.9 Å². The van der Waals surface area contributed by atoms with Crippen LogP contribution in [0.5, 0.6) is 0 Å². The zero-order valence-corrected chi connectivity index (χ0v) is 10.9. The molecule has 0 fully saturated rings. The van der Waals surface area contributed by atoms with Gasteiger partial charge in [-0.3, -0.25) is 10.1 Å². The molecule has 0 spiro atoms. The fourth-order valence-corrected chi connectivity index (χ4v) is 2.21. The van der Waals surface area contributed by atoms with Crippen molar-refractivity contribution in [2.45, 2.75) is 0 Å². The lowest BCUT2D eigenvalue weighted by molar-refractivity contribution is -0.384. The van der Waals surface area contributed by atoms with Gasteiger partial charge in [-0.1, -0.05) is 35.9 Å². The zero-order valence-electron chi connectivity index (χ0n) is 10.2. The summed E-state index contributed by atoms with van der Waals surface area (Å²) in [5, 5.41) is 13.2. The molecule has 3 aromatic rings. The van der Waals surface area contributed by atoms with Crippen LogP contribution in [0, 0.1) is 10.1 Å². The molecular weight excluding hydrogens is 278 g/mol. The minimum Gasteiger partial charge on any atom is -0.258 e. The molecule has 1 heterocycles. The Labute approximate surface area is 119 Å². The van der Waals surface area contributed by atoms with Gasteiger partial charge in [0, 0.05) is 12.1 Å². The van der Waals surface area contributed by atoms with E-state index in [1.165, 1.54) is 12.4 Å². The maximum atomic E-state index is 11.3. The van der Waals surface area contributed by atoms with Crippen LogP contribution >= 0.6 is 11.6 Å². The molecule has 0 atom stereocenters. The standard InChI is InChI=1S/C14H8ClN3O2/c15-14-7-12(16-8-17-14)11-5-9-3-1-2-4-10(9)6-13(11)18(19)20/h1-8H. The van der Waals surface area contributed by atoms with Gasteiger partial charge in [0.2, 0.25) is 0 Å². The molecule has 98 valence electrons. The number of benzene rings is 2. The van der Waals surface area contributed by atoms with E-state index < -0.39 is 4.92 Å². The molecule has 6 heteroatoms. The second-order valence-corrected chi connectivity index (χ2v) is 4.59. The summed E-state index contributed by atoms with van der Waals surface area (Å²) in [5.74, 6) is 0. The second kappa shape index (κ2) is 4.86. The fraction of sp³-hybridized carbons (Fsp3) is 0. The molecule has 0 unspecified atom stereocenters. The molecule has 0 bridgehead atoms. The largest absolute Gasteiger partial charge is 0.279 e. The smallest absolute Gasteiger partial charge is 0.258 e. The molecule has 5 nitrogen and oxygen atoms in total. The molecule has 0 saturated heterocycles. The molecule has 20 heavy (non-hydrogen) atoms. The van der Waals surface area contributed by atoms with Gasteiger partial charge in [0.15, 0.2) is 0 Å². The van der Waals surface area contributed by atoms with Crippen LogP contribution in [0.1, 0.15) is 0 Å². The minimum absolute atomic E-state index is 0.00142. The van der Waals surface area contributed by atoms with Crippen LogP contribution in [0.3, 0.4) is 0 Å². The lowest BCUT2D eigenvalue weighted by Gasteiger charge is -2.05. The Morgan fingerprint density at radius 1 is 1.05 bits per heavy atom. The average Bonchev–Trinajstić information content (AvgIpc) is 2.46. The summed E-state index contributed by atoms with van der Waals surface area (Å²) in [5.41, 5.74) is 0.860. The van der Waals surface area contributed by atoms with Crippen molar-refractivity contribution in [1.29, 1.82) is 0 Å². The van der Waals surface area contributed by atoms with Crippen molar-refractivity contribution in [3.63, 3.8) is 0 Å². The van der Waals surface area contributed by atoms with E-state index >= 15 is 0 Å². The number of nitrogens with zero attached hydrogens (tertiary/aromatic N) is 3. The molecule has 3 rings (SSSR count). The maximum absolute atomic E-state index is 11.3. The number of aromatic nitrogens is 2. The average molecular weight is 286 g/mol. The Morgan fingerprint density at radius 2 is 1.75 bits per heavy atom. The highest BCUT2D eigenvalue weighted by atomic mass is 35.5. The lowest BCUT2D eigenvalue weighted by Crippen LogP contribution is -1.94. The number of rotatable bonds is 2. The van der Waals surface area contributed by atoms with Crippen LogP contribution in [-0.2, 0) is 0 Å². The van der Waals surface area contributed by atoms with E-state index in [-0.39, 0.29) is 10.8 Å². The van der Waals surface area contributed by atoms with Gasteiger partial charge in [0.05, 0.1) is 16.2 Å². The highest BCUT2D eigenvalue weighted by Gasteiger charge is 2.18. The summed E-state index contributed by atoms with van der Waals surface area (Å²) in [6.45, 7) is 0. The monoisotopic (exact) mass is 285 g/mol. The third kappa shape index (κ3) is 2.19. The molecular formula is C14H8ClN3O2. The summed E-state index contributed by atoms with van der Waals surface area (Å²) in [6, 6.07) is 12.2. The predicted octanol–water partition coefficient (Wildman–Crippen LogP) is 3.86. The predicted molar refractivity (Wildman–Crippen MR) is 76.6 cm³/mol. The SMILES string of the molecule is O=[N+]([O-])c1cc2ccccc2cc1-c1cc(Cl)ncn1. The highest BCUT2D eigenvalue weighted by Crippen LogP contribution is 2.33. The van der Waals surface area contributed by atoms with Crippen molar-refractivity contribution in [3.8, 4) is 11.3 Å². The van der Waals surface area contributed by atoms with Gasteiger partial charge in [-0.2, -0.15) is 0 Å². The van der Waals surface area contributed by atoms with Gasteiger partial charge < -0.3 is 0 Å². The highest BCUT2D eigenvalue weighted by molar-refractivity contribution is 6.29. The Morgan fingerprint density at radius 3 is 2.40 bits per heavy atom. The normalized spacial score (nSPS) is 10.7. The van der Waals surface area contributed by atoms with Crippen molar-refractivity contribution in [2.75, 3.05) is 0 Å². The molecule has 0 amide bonds. The first kappa shape index (κ1) is 12.5. The van der Waals surface area contributed by atoms with Crippen molar-refractivity contribution >= 4 is 28.1 Å². The quantitative estimate of drug-likeness (QED) is 0.407. The van der Waals surface area contributed by atoms with Crippen LogP contribution in [0.15, 0.2) is 48.8 Å². The molecule has 0 saturated carbocycles. The minimum atomic E-state index is -0.419. The van der Waals surface area contributed by atoms with E-state index in [1.807, 2.05) is 24.3 Å². The van der Waals surface area contributed by atoms with Crippen molar-refractivity contribution in [2.24, 2.45) is 0 Å². The van der Waals surface area contributed by atoms with Gasteiger partial charge in [0.1, 0.15) is 11.5 Å². The van der Waals surface area contributed by atoms with Crippen LogP contribution in [0.4, 0.5) is 5.69 Å². The van der Waals surface area contributed by atoms with Crippen LogP contribution in [0.2, 0.25) is 5.15 Å². The molecule has 0 aliphatic rings. The number of hydrogen-bond donors (Lipinski definition) is 0. The van der Waals surface area contributed by atoms with Crippen LogP contribution < -0.4 is 0 Å². The summed E-state index contributed by atoms with van der Waals surface area (Å²) in [7, 11) is 0. The fourth-order valence-electron chi connectivity index (χ4n) is 2.07. The Kier molecular flexibility index (Phi) is 3.04. The second-order valence-electron chi connectivity index (χ2n) is 4.20. The van der Waals surface area contributed by atoms with Crippen molar-refractivity contribution in [3.05, 3.63) is 64.1 Å². The van der Waals surface area contributed by atoms with Gasteiger partial charge in [-0.15, -0.1) is 0 Å². The first-order valence-corrected chi connectivity index (χ1v) is 6.18. The van der Waals surface area contributed by atoms with Crippen molar-refractivity contribution < 1.29 is 4.92 Å². The third-order valence-corrected chi connectivity index (χ3v) is 3.18. The first-order valence-electron chi connectivity index (χ1n) is 5.80. The summed E-state index contributed by atoms with van der Waals surface area (Å²) in [4.78, 5) is 18.7. The summed E-state index contributed by atoms with van der Waals surface area (Å²) in [6.07, 6.45) is 1.29. The molecule has 0 radical (unpaired) electrons. The van der Waals surface area contributed by atoms with Crippen LogP contribution in [-0.4, -0.2) is 14.9 Å². The van der Waals surface area contributed by atoms with E-state index in [2.05, 4.69) is 9.97 Å². The third-order valence-electron chi connectivity index (χ3n) is 2.97. The van der Waals surface area contributed by atoms with E-state index in [9.17, 15) is 10.1 Å². The van der Waals surface area contributed by atoms with E-state index in [4.69, 9.17) is 11.6 Å². The van der Waals surface area contributed by atoms with Crippen molar-refractivity contribution in [1.82, 2.24) is 9.97 Å². The molecule has 0 aliphatic heterocycles. The Bertz CT molecular complexity index is 820. The van der Waals surface area contributed by atoms with Crippen LogP contribution in [0.25, 0.3) is 22.0 Å². The van der Waals surface area contributed by atoms with Gasteiger partial charge >= 0.3 is 0 Å². The van der Waals surface area contributed by atoms with E-state index in [1.54, 1.807) is 12.1 Å². The number of hydrogen-bond acceptors (Lipinski definition) is 4. The first-order chi connectivity index (χ1) is 9.65. The van der Waals surface area contributed by atoms with Gasteiger partial charge in [-0.25, -0.2) is 9.97 Å². The molecule has 2 aromatic carbocycles. The number of fused-ring (bicyclic) bond motifs is 1. The maximum Gasteiger partial charge on any atom is 0.279 e. The molecule has 0 aliphatic carbocycles. The Balaban J connectivity index is 2.32. The summed E-state index contributed by atoms with van der Waals surface area (Å²) < 4.78 is 0. The molecule has 0 N–H and O–H groups in total. The lowest BCUT2D eigenvalue weighted by atomic mass is 10.0. The summed E-state index contributed by atoms with van der Waals surface area (Å²) >= 11 is 5.82. The van der Waals surface area contributed by atoms with Gasteiger partial charge in [0.25, 0.3) is 5.69 Å². The van der Waals surface area contributed by atoms with Gasteiger partial charge in [-0.05, 0) is 16.8 Å². The number of nitro groups is 1. The number of halogens is 1. The zero-order chi connectivity index (χ0) is 14.1. The number of nitro benzene ring substituents is 1. The van der Waals surface area contributed by atoms with E-state index in [0.717, 1.165) is 10.8 Å².